The monoisotopic (exact) mass is 284 g/mol. The molecule has 1 amide bonds. The van der Waals surface area contributed by atoms with E-state index in [1.807, 2.05) is 20.0 Å². The summed E-state index contributed by atoms with van der Waals surface area (Å²) >= 11 is 0. The Balaban J connectivity index is 0.00000133. The lowest BCUT2D eigenvalue weighted by Crippen LogP contribution is -2.31. The van der Waals surface area contributed by atoms with Gasteiger partial charge < -0.3 is 10.6 Å². The van der Waals surface area contributed by atoms with E-state index >= 15 is 0 Å². The number of carbonyl (C=O) groups is 1. The Morgan fingerprint density at radius 2 is 2.21 bits per heavy atom. The van der Waals surface area contributed by atoms with Gasteiger partial charge in [0, 0.05) is 19.0 Å². The third kappa shape index (κ3) is 2.62. The summed E-state index contributed by atoms with van der Waals surface area (Å²) in [7, 11) is 1.86. The molecule has 0 aromatic carbocycles. The van der Waals surface area contributed by atoms with Crippen LogP contribution in [0.3, 0.4) is 0 Å². The third-order valence-electron chi connectivity index (χ3n) is 4.36. The average molecular weight is 285 g/mol. The fraction of sp³-hybridized carbons (Fsp3) is 0.692. The van der Waals surface area contributed by atoms with Crippen molar-refractivity contribution >= 4 is 24.1 Å². The number of nitrogens with zero attached hydrogens (tertiary/aromatic N) is 2. The number of hydrogen-bond donors (Lipinski definition) is 2. The number of rotatable bonds is 2. The van der Waals surface area contributed by atoms with E-state index in [-0.39, 0.29) is 24.2 Å². The SMILES string of the molecule is Cc1cc(NC(=O)C2CC23CCNCC3)n(C)n1.Cl. The number of aryl methyl sites for hydroxylation is 2. The van der Waals surface area contributed by atoms with E-state index in [1.54, 1.807) is 4.68 Å². The zero-order valence-corrected chi connectivity index (χ0v) is 12.2. The summed E-state index contributed by atoms with van der Waals surface area (Å²) in [5, 5.41) is 10.6. The molecule has 3 rings (SSSR count). The molecule has 1 saturated heterocycles. The Bertz CT molecular complexity index is 479. The molecule has 1 spiro atoms. The van der Waals surface area contributed by atoms with Gasteiger partial charge >= 0.3 is 0 Å². The maximum Gasteiger partial charge on any atom is 0.229 e. The second-order valence-corrected chi connectivity index (χ2v) is 5.65. The van der Waals surface area contributed by atoms with Crippen molar-refractivity contribution in [3.63, 3.8) is 0 Å². The molecular formula is C13H21ClN4O. The van der Waals surface area contributed by atoms with Crippen LogP contribution in [0.15, 0.2) is 6.07 Å². The molecule has 2 N–H and O–H groups in total. The van der Waals surface area contributed by atoms with E-state index in [0.717, 1.165) is 43.9 Å². The molecule has 2 fully saturated rings. The van der Waals surface area contributed by atoms with Gasteiger partial charge in [-0.05, 0) is 44.7 Å². The van der Waals surface area contributed by atoms with Gasteiger partial charge in [0.2, 0.25) is 5.91 Å². The molecule has 1 saturated carbocycles. The molecule has 2 aliphatic rings. The van der Waals surface area contributed by atoms with Gasteiger partial charge in [-0.25, -0.2) is 0 Å². The van der Waals surface area contributed by atoms with Crippen LogP contribution in [0.1, 0.15) is 25.0 Å². The van der Waals surface area contributed by atoms with E-state index in [1.165, 1.54) is 0 Å². The largest absolute Gasteiger partial charge is 0.317 e. The highest BCUT2D eigenvalue weighted by atomic mass is 35.5. The van der Waals surface area contributed by atoms with Crippen LogP contribution in [0.5, 0.6) is 0 Å². The Hall–Kier alpha value is -1.07. The lowest BCUT2D eigenvalue weighted by molar-refractivity contribution is -0.118. The summed E-state index contributed by atoms with van der Waals surface area (Å²) in [6.45, 7) is 4.03. The quantitative estimate of drug-likeness (QED) is 0.865. The molecule has 1 aromatic heterocycles. The van der Waals surface area contributed by atoms with Gasteiger partial charge in [0.1, 0.15) is 5.82 Å². The van der Waals surface area contributed by atoms with Crippen LogP contribution in [0.4, 0.5) is 5.82 Å². The van der Waals surface area contributed by atoms with Gasteiger partial charge in [-0.3, -0.25) is 9.48 Å². The zero-order chi connectivity index (χ0) is 12.8. The van der Waals surface area contributed by atoms with Gasteiger partial charge in [-0.2, -0.15) is 5.10 Å². The molecule has 1 aliphatic heterocycles. The van der Waals surface area contributed by atoms with Crippen LogP contribution >= 0.6 is 12.4 Å². The normalized spacial score (nSPS) is 23.8. The van der Waals surface area contributed by atoms with E-state index < -0.39 is 0 Å². The molecule has 6 heteroatoms. The van der Waals surface area contributed by atoms with Crippen molar-refractivity contribution in [2.45, 2.75) is 26.2 Å². The first-order valence-corrected chi connectivity index (χ1v) is 6.63. The summed E-state index contributed by atoms with van der Waals surface area (Å²) < 4.78 is 1.73. The topological polar surface area (TPSA) is 59.0 Å². The van der Waals surface area contributed by atoms with E-state index in [2.05, 4.69) is 15.7 Å². The predicted molar refractivity (Wildman–Crippen MR) is 76.5 cm³/mol. The van der Waals surface area contributed by atoms with Crippen LogP contribution < -0.4 is 10.6 Å². The third-order valence-corrected chi connectivity index (χ3v) is 4.36. The number of amides is 1. The maximum absolute atomic E-state index is 12.2. The molecule has 1 aliphatic carbocycles. The Morgan fingerprint density at radius 1 is 1.53 bits per heavy atom. The van der Waals surface area contributed by atoms with Crippen molar-refractivity contribution < 1.29 is 4.79 Å². The molecule has 106 valence electrons. The van der Waals surface area contributed by atoms with Crippen LogP contribution in [-0.4, -0.2) is 28.8 Å². The van der Waals surface area contributed by atoms with Crippen molar-refractivity contribution in [3.05, 3.63) is 11.8 Å². The minimum absolute atomic E-state index is 0. The average Bonchev–Trinajstić information content (AvgIpc) is 2.93. The van der Waals surface area contributed by atoms with Crippen molar-refractivity contribution in [1.82, 2.24) is 15.1 Å². The minimum atomic E-state index is 0. The fourth-order valence-corrected chi connectivity index (χ4v) is 3.14. The molecule has 0 bridgehead atoms. The molecule has 1 unspecified atom stereocenters. The van der Waals surface area contributed by atoms with Gasteiger partial charge in [0.05, 0.1) is 5.69 Å². The number of carbonyl (C=O) groups excluding carboxylic acids is 1. The standard InChI is InChI=1S/C13H20N4O.ClH/c1-9-7-11(17(2)16-9)15-12(18)10-8-13(10)3-5-14-6-4-13;/h7,10,14H,3-6,8H2,1-2H3,(H,15,18);1H. The summed E-state index contributed by atoms with van der Waals surface area (Å²) in [6, 6.07) is 1.91. The van der Waals surface area contributed by atoms with Gasteiger partial charge in [0.15, 0.2) is 0 Å². The highest BCUT2D eigenvalue weighted by molar-refractivity contribution is 5.94. The summed E-state index contributed by atoms with van der Waals surface area (Å²) in [6.07, 6.45) is 3.32. The molecule has 2 heterocycles. The second kappa shape index (κ2) is 5.13. The van der Waals surface area contributed by atoms with Crippen molar-refractivity contribution in [2.24, 2.45) is 18.4 Å². The molecular weight excluding hydrogens is 264 g/mol. The molecule has 5 nitrogen and oxygen atoms in total. The lowest BCUT2D eigenvalue weighted by Gasteiger charge is -2.23. The minimum Gasteiger partial charge on any atom is -0.317 e. The number of piperidine rings is 1. The number of anilines is 1. The maximum atomic E-state index is 12.2. The number of halogens is 1. The van der Waals surface area contributed by atoms with Crippen molar-refractivity contribution in [3.8, 4) is 0 Å². The van der Waals surface area contributed by atoms with Gasteiger partial charge in [0.25, 0.3) is 0 Å². The van der Waals surface area contributed by atoms with Crippen LogP contribution in [0.2, 0.25) is 0 Å². The second-order valence-electron chi connectivity index (χ2n) is 5.65. The first-order chi connectivity index (χ1) is 8.61. The van der Waals surface area contributed by atoms with Crippen LogP contribution in [0.25, 0.3) is 0 Å². The smallest absolute Gasteiger partial charge is 0.229 e. The van der Waals surface area contributed by atoms with E-state index in [4.69, 9.17) is 0 Å². The zero-order valence-electron chi connectivity index (χ0n) is 11.4. The summed E-state index contributed by atoms with van der Waals surface area (Å²) in [5.74, 6) is 1.17. The molecule has 1 atom stereocenters. The molecule has 0 radical (unpaired) electrons. The Kier molecular flexibility index (Phi) is 3.87. The van der Waals surface area contributed by atoms with E-state index in [9.17, 15) is 4.79 Å². The van der Waals surface area contributed by atoms with Crippen molar-refractivity contribution in [1.29, 1.82) is 0 Å². The Morgan fingerprint density at radius 3 is 2.79 bits per heavy atom. The first kappa shape index (κ1) is 14.3. The first-order valence-electron chi connectivity index (χ1n) is 6.63. The number of nitrogens with one attached hydrogen (secondary N) is 2. The lowest BCUT2D eigenvalue weighted by atomic mass is 9.92. The van der Waals surface area contributed by atoms with Gasteiger partial charge in [-0.15, -0.1) is 12.4 Å². The summed E-state index contributed by atoms with van der Waals surface area (Å²) in [4.78, 5) is 12.2. The van der Waals surface area contributed by atoms with Crippen molar-refractivity contribution in [2.75, 3.05) is 18.4 Å². The Labute approximate surface area is 119 Å². The van der Waals surface area contributed by atoms with Crippen LogP contribution in [-0.2, 0) is 11.8 Å². The molecule has 1 aromatic rings. The van der Waals surface area contributed by atoms with E-state index in [0.29, 0.717) is 5.41 Å². The number of hydrogen-bond acceptors (Lipinski definition) is 3. The predicted octanol–water partition coefficient (Wildman–Crippen LogP) is 1.48. The van der Waals surface area contributed by atoms with Gasteiger partial charge in [-0.1, -0.05) is 0 Å². The summed E-state index contributed by atoms with van der Waals surface area (Å²) in [5.41, 5.74) is 1.23. The highest BCUT2D eigenvalue weighted by Gasteiger charge is 2.57. The number of aromatic nitrogens is 2. The highest BCUT2D eigenvalue weighted by Crippen LogP contribution is 2.58. The van der Waals surface area contributed by atoms with Crippen LogP contribution in [0, 0.1) is 18.3 Å². The molecule has 19 heavy (non-hydrogen) atoms. The fourth-order valence-electron chi connectivity index (χ4n) is 3.14.